The Morgan fingerprint density at radius 3 is 0.824 bits per heavy atom. The molecule has 0 aromatic heterocycles. The number of anilines is 18. The number of nitrogens with zero attached hydrogens (tertiary/aromatic N) is 6. The van der Waals surface area contributed by atoms with Gasteiger partial charge in [0.05, 0.1) is 0 Å². The van der Waals surface area contributed by atoms with E-state index < -0.39 is 0 Å². The highest BCUT2D eigenvalue weighted by Gasteiger charge is 2.48. The molecule has 20 aromatic carbocycles. The summed E-state index contributed by atoms with van der Waals surface area (Å²) >= 11 is 0. The lowest BCUT2D eigenvalue weighted by Gasteiger charge is -2.44. The molecule has 0 fully saturated rings. The first-order valence-corrected chi connectivity index (χ1v) is 41.3. The number of hydrogen-bond acceptors (Lipinski definition) is 6. The fraction of sp³-hybridized carbons (Fsp3) is 0. The molecule has 119 heavy (non-hydrogen) atoms. The minimum absolute atomic E-state index is 0.0864. The van der Waals surface area contributed by atoms with Crippen LogP contribution < -0.4 is 78.6 Å². The quantitative estimate of drug-likeness (QED) is 0.153. The van der Waals surface area contributed by atoms with Gasteiger partial charge in [-0.15, -0.1) is 0 Å². The van der Waals surface area contributed by atoms with Gasteiger partial charge in [-0.05, 0) is 237 Å². The minimum atomic E-state index is 0.0864. The topological polar surface area (TPSA) is 19.4 Å². The van der Waals surface area contributed by atoms with E-state index in [-0.39, 0.29) is 20.1 Å². The molecule has 0 saturated carbocycles. The average Bonchev–Trinajstić information content (AvgIpc) is 0.698. The van der Waals surface area contributed by atoms with Crippen molar-refractivity contribution in [2.24, 2.45) is 0 Å². The van der Waals surface area contributed by atoms with Crippen molar-refractivity contribution in [1.29, 1.82) is 0 Å². The lowest BCUT2D eigenvalue weighted by Crippen LogP contribution is -2.61. The van der Waals surface area contributed by atoms with Crippen LogP contribution in [-0.4, -0.2) is 20.1 Å². The predicted octanol–water partition coefficient (Wildman–Crippen LogP) is 23.1. The Hall–Kier alpha value is -15.3. The maximum absolute atomic E-state index is 2.48. The molecule has 26 rings (SSSR count). The highest BCUT2D eigenvalue weighted by atomic mass is 15.2. The van der Waals surface area contributed by atoms with E-state index in [2.05, 4.69) is 472 Å². The van der Waals surface area contributed by atoms with Crippen molar-refractivity contribution in [3.05, 3.63) is 443 Å². The third-order valence-electron chi connectivity index (χ3n) is 25.4. The van der Waals surface area contributed by atoms with Crippen LogP contribution in [0.25, 0.3) is 53.9 Å². The van der Waals surface area contributed by atoms with Gasteiger partial charge in [-0.1, -0.05) is 303 Å². The molecule has 6 nitrogen and oxygen atoms in total. The average molecular weight is 1510 g/mol. The van der Waals surface area contributed by atoms with Crippen LogP contribution in [0.2, 0.25) is 0 Å². The third kappa shape index (κ3) is 10.6. The van der Waals surface area contributed by atoms with Crippen molar-refractivity contribution < 1.29 is 0 Å². The van der Waals surface area contributed by atoms with Crippen molar-refractivity contribution in [3.8, 4) is 0 Å². The molecule has 552 valence electrons. The molecular weight excluding hydrogens is 1440 g/mol. The van der Waals surface area contributed by atoms with E-state index in [1.54, 1.807) is 0 Å². The molecule has 0 atom stereocenters. The zero-order chi connectivity index (χ0) is 78.2. The zero-order valence-electron chi connectivity index (χ0n) is 65.1. The number of fused-ring (bicyclic) bond motifs is 21. The SMILES string of the molecule is c1ccc(N2c3cc4ccccc4cc3B3c4c2cccc4N(c2ccccc2)c2ccc4ccccc4c23)cc1.c1ccc(N2c3cccc4c3B(c3c2ccc2ccccc32)c2c(ccc3ccccc23)N4c2ccccc2)cc1.c1ccc(N2c3ccccc3B3c4ccc5ccccc5c4N(c4ccccc4)c4cccc2c43)cc1. The van der Waals surface area contributed by atoms with E-state index in [0.717, 1.165) is 0 Å². The molecule has 0 unspecified atom stereocenters. The molecule has 6 aliphatic heterocycles. The number of para-hydroxylation sites is 7. The van der Waals surface area contributed by atoms with Crippen LogP contribution in [0, 0.1) is 0 Å². The number of benzene rings is 20. The number of rotatable bonds is 6. The van der Waals surface area contributed by atoms with E-state index >= 15 is 0 Å². The van der Waals surface area contributed by atoms with Crippen molar-refractivity contribution in [2.75, 3.05) is 29.4 Å². The first kappa shape index (κ1) is 68.1. The number of hydrogen-bond donors (Lipinski definition) is 0. The molecule has 6 aliphatic rings. The highest BCUT2D eigenvalue weighted by molar-refractivity contribution is 7.03. The maximum atomic E-state index is 2.48. The summed E-state index contributed by atoms with van der Waals surface area (Å²) in [6, 6.07) is 162. The Kier molecular flexibility index (Phi) is 15.9. The van der Waals surface area contributed by atoms with Crippen LogP contribution in [0.5, 0.6) is 0 Å². The molecule has 0 bridgehead atoms. The Labute approximate surface area is 693 Å². The van der Waals surface area contributed by atoms with Gasteiger partial charge < -0.3 is 29.4 Å². The molecule has 0 N–H and O–H groups in total. The molecule has 0 aliphatic carbocycles. The van der Waals surface area contributed by atoms with Crippen LogP contribution in [0.1, 0.15) is 0 Å². The highest BCUT2D eigenvalue weighted by Crippen LogP contribution is 2.51. The first-order chi connectivity index (χ1) is 59.1. The second-order valence-corrected chi connectivity index (χ2v) is 31.7. The van der Waals surface area contributed by atoms with Crippen molar-refractivity contribution in [3.63, 3.8) is 0 Å². The summed E-state index contributed by atoms with van der Waals surface area (Å²) in [4.78, 5) is 14.8. The molecule has 0 amide bonds. The van der Waals surface area contributed by atoms with E-state index in [9.17, 15) is 0 Å². The lowest BCUT2D eigenvalue weighted by molar-refractivity contribution is 1.26. The summed E-state index contributed by atoms with van der Waals surface area (Å²) < 4.78 is 0. The molecule has 9 heteroatoms. The van der Waals surface area contributed by atoms with Crippen molar-refractivity contribution >= 4 is 226 Å². The van der Waals surface area contributed by atoms with Gasteiger partial charge in [-0.2, -0.15) is 0 Å². The minimum Gasteiger partial charge on any atom is -0.311 e. The van der Waals surface area contributed by atoms with Gasteiger partial charge >= 0.3 is 0 Å². The normalized spacial score (nSPS) is 13.2. The zero-order valence-corrected chi connectivity index (χ0v) is 65.1. The monoisotopic (exact) mass is 1510 g/mol. The summed E-state index contributed by atoms with van der Waals surface area (Å²) in [5.41, 5.74) is 34.2. The van der Waals surface area contributed by atoms with Gasteiger partial charge in [0, 0.05) is 108 Å². The van der Waals surface area contributed by atoms with Crippen LogP contribution >= 0.6 is 0 Å². The van der Waals surface area contributed by atoms with Gasteiger partial charge in [0.15, 0.2) is 0 Å². The predicted molar refractivity (Wildman–Crippen MR) is 509 cm³/mol. The Morgan fingerprint density at radius 1 is 0.134 bits per heavy atom. The summed E-state index contributed by atoms with van der Waals surface area (Å²) in [6.45, 7) is 0.340. The fourth-order valence-electron chi connectivity index (χ4n) is 20.6. The Bertz CT molecular complexity index is 7210. The summed E-state index contributed by atoms with van der Waals surface area (Å²) in [7, 11) is 0. The summed E-state index contributed by atoms with van der Waals surface area (Å²) in [5, 5.41) is 12.8. The lowest BCUT2D eigenvalue weighted by atomic mass is 9.32. The molecule has 0 radical (unpaired) electrons. The van der Waals surface area contributed by atoms with Crippen molar-refractivity contribution in [2.45, 2.75) is 0 Å². The van der Waals surface area contributed by atoms with E-state index in [1.807, 2.05) is 0 Å². The molecular formula is C110H73B3N6. The van der Waals surface area contributed by atoms with E-state index in [0.29, 0.717) is 0 Å². The molecule has 0 spiro atoms. The Balaban J connectivity index is 0.000000102. The molecule has 0 saturated heterocycles. The van der Waals surface area contributed by atoms with Gasteiger partial charge in [0.2, 0.25) is 0 Å². The van der Waals surface area contributed by atoms with E-state index in [4.69, 9.17) is 0 Å². The van der Waals surface area contributed by atoms with Crippen molar-refractivity contribution in [1.82, 2.24) is 0 Å². The van der Waals surface area contributed by atoms with Gasteiger partial charge in [-0.3, -0.25) is 0 Å². The summed E-state index contributed by atoms with van der Waals surface area (Å²) in [6.07, 6.45) is 0. The second kappa shape index (κ2) is 27.7. The summed E-state index contributed by atoms with van der Waals surface area (Å²) in [5.74, 6) is 0. The van der Waals surface area contributed by atoms with Gasteiger partial charge in [0.1, 0.15) is 0 Å². The smallest absolute Gasteiger partial charge is 0.253 e. The van der Waals surface area contributed by atoms with Crippen LogP contribution in [-0.2, 0) is 0 Å². The Morgan fingerprint density at radius 2 is 0.403 bits per heavy atom. The standard InChI is InChI=1S/2C38H25BN2.C34H23BN2/c1-3-14-28(15-4-1)40-32-20-11-21-33-38(32)39(36-30-18-9-7-12-26(30)22-24-34(36)40)37-31-19-10-8-13-27(31)23-25-35(37)41(33)29-16-5-2-6-17-29;1-3-15-29(16-4-1)40-33-20-11-21-34-38(33)39(37-31-19-10-9-12-26(31)22-23-35(37)40)32-24-27-13-7-8-14-28(27)25-36(32)41(34)30-17-5-2-6-18-30;1-3-13-25(14-4-1)36-30-19-10-9-18-28(30)35-29-23-22-24-12-7-8-17-27(24)34(29)37(26-15-5-2-6-16-26)32-21-11-20-31(36)33(32)35/h2*1-25H;1-23H. The van der Waals surface area contributed by atoms with E-state index in [1.165, 1.54) is 205 Å². The molecule has 6 heterocycles. The maximum Gasteiger partial charge on any atom is 0.253 e. The van der Waals surface area contributed by atoms with Gasteiger partial charge in [0.25, 0.3) is 20.1 Å². The van der Waals surface area contributed by atoms with Crippen LogP contribution in [0.15, 0.2) is 443 Å². The molecule has 20 aromatic rings. The third-order valence-corrected chi connectivity index (χ3v) is 25.4. The van der Waals surface area contributed by atoms with Gasteiger partial charge in [-0.25, -0.2) is 0 Å². The van der Waals surface area contributed by atoms with Crippen LogP contribution in [0.3, 0.4) is 0 Å². The first-order valence-electron chi connectivity index (χ1n) is 41.3. The second-order valence-electron chi connectivity index (χ2n) is 31.7. The fourth-order valence-corrected chi connectivity index (χ4v) is 20.6. The largest absolute Gasteiger partial charge is 0.311 e. The van der Waals surface area contributed by atoms with Crippen LogP contribution in [0.4, 0.5) is 102 Å².